The van der Waals surface area contributed by atoms with Gasteiger partial charge in [0.05, 0.1) is 18.5 Å². The second-order valence-corrected chi connectivity index (χ2v) is 8.42. The van der Waals surface area contributed by atoms with E-state index in [1.165, 1.54) is 22.6 Å². The molecule has 172 valence electrons. The lowest BCUT2D eigenvalue weighted by atomic mass is 10.0. The molecular weight excluding hydrogens is 456 g/mol. The molecule has 0 atom stereocenters. The fourth-order valence-electron chi connectivity index (χ4n) is 3.78. The number of halogens is 1. The maximum absolute atomic E-state index is 12.9. The number of aryl methyl sites for hydroxylation is 2. The van der Waals surface area contributed by atoms with Gasteiger partial charge in [-0.2, -0.15) is 5.10 Å². The molecule has 0 saturated heterocycles. The van der Waals surface area contributed by atoms with Gasteiger partial charge in [-0.3, -0.25) is 4.79 Å². The molecule has 5 aromatic rings. The van der Waals surface area contributed by atoms with E-state index in [1.807, 2.05) is 12.1 Å². The molecule has 2 aromatic carbocycles. The molecule has 0 aliphatic heterocycles. The minimum Gasteiger partial charge on any atom is -0.495 e. The Morgan fingerprint density at radius 3 is 2.65 bits per heavy atom. The number of carbonyl (C=O) groups is 1. The summed E-state index contributed by atoms with van der Waals surface area (Å²) in [5, 5.41) is 12.2. The van der Waals surface area contributed by atoms with E-state index in [4.69, 9.17) is 16.3 Å². The molecule has 3 heterocycles. The van der Waals surface area contributed by atoms with Crippen LogP contribution in [-0.4, -0.2) is 36.8 Å². The maximum atomic E-state index is 12.9. The zero-order valence-electron chi connectivity index (χ0n) is 18.7. The van der Waals surface area contributed by atoms with Crippen LogP contribution in [0.5, 0.6) is 5.75 Å². The van der Waals surface area contributed by atoms with Crippen LogP contribution in [0.1, 0.15) is 11.1 Å². The Labute approximate surface area is 199 Å². The second kappa shape index (κ2) is 8.35. The lowest BCUT2D eigenvalue weighted by molar-refractivity contribution is -0.117. The first kappa shape index (κ1) is 21.7. The number of amides is 1. The fraction of sp³-hybridized carbons (Fsp3) is 0.167. The molecule has 3 aromatic heterocycles. The molecule has 1 N–H and O–H groups in total. The fourth-order valence-corrected chi connectivity index (χ4v) is 3.95. The summed E-state index contributed by atoms with van der Waals surface area (Å²) in [5.74, 6) is 0.0198. The predicted molar refractivity (Wildman–Crippen MR) is 130 cm³/mol. The van der Waals surface area contributed by atoms with Gasteiger partial charge in [0.2, 0.25) is 5.91 Å². The van der Waals surface area contributed by atoms with Gasteiger partial charge >= 0.3 is 5.69 Å². The molecular formula is C24H21ClN6O3. The highest BCUT2D eigenvalue weighted by atomic mass is 35.5. The lowest BCUT2D eigenvalue weighted by Crippen LogP contribution is -2.28. The predicted octanol–water partition coefficient (Wildman–Crippen LogP) is 3.73. The number of ether oxygens (including phenoxy) is 1. The van der Waals surface area contributed by atoms with Crippen molar-refractivity contribution >= 4 is 34.4 Å². The highest BCUT2D eigenvalue weighted by Gasteiger charge is 2.16. The third-order valence-electron chi connectivity index (χ3n) is 5.72. The quantitative estimate of drug-likeness (QED) is 0.417. The number of nitrogens with zero attached hydrogens (tertiary/aromatic N) is 5. The van der Waals surface area contributed by atoms with Gasteiger partial charge in [-0.05, 0) is 55.3 Å². The monoisotopic (exact) mass is 476 g/mol. The third-order valence-corrected chi connectivity index (χ3v) is 5.96. The van der Waals surface area contributed by atoms with Gasteiger partial charge in [0.15, 0.2) is 5.65 Å². The van der Waals surface area contributed by atoms with E-state index in [9.17, 15) is 9.59 Å². The minimum absolute atomic E-state index is 0.277. The standard InChI is InChI=1S/C24H21ClN6O3/c1-14-4-5-16(10-15(14)2)18-12-20-23-28-31(24(33)29(23)8-9-30(20)27-18)13-22(32)26-19-11-17(25)6-7-21(19)34-3/h4-12H,13H2,1-3H3,(H,26,32). The molecule has 1 amide bonds. The number of carbonyl (C=O) groups excluding carboxylic acids is 1. The van der Waals surface area contributed by atoms with Crippen LogP contribution in [0, 0.1) is 13.8 Å². The zero-order valence-corrected chi connectivity index (χ0v) is 19.5. The van der Waals surface area contributed by atoms with Crippen LogP contribution in [-0.2, 0) is 11.3 Å². The Kier molecular flexibility index (Phi) is 5.33. The Morgan fingerprint density at radius 2 is 1.88 bits per heavy atom. The van der Waals surface area contributed by atoms with Crippen LogP contribution < -0.4 is 15.7 Å². The van der Waals surface area contributed by atoms with Crippen LogP contribution >= 0.6 is 11.6 Å². The summed E-state index contributed by atoms with van der Waals surface area (Å²) in [6.07, 6.45) is 3.28. The number of fused-ring (bicyclic) bond motifs is 3. The molecule has 0 bridgehead atoms. The van der Waals surface area contributed by atoms with E-state index in [1.54, 1.807) is 35.1 Å². The van der Waals surface area contributed by atoms with Crippen molar-refractivity contribution < 1.29 is 9.53 Å². The molecule has 34 heavy (non-hydrogen) atoms. The summed E-state index contributed by atoms with van der Waals surface area (Å²) in [6, 6.07) is 12.9. The third kappa shape index (κ3) is 3.80. The van der Waals surface area contributed by atoms with E-state index >= 15 is 0 Å². The maximum Gasteiger partial charge on any atom is 0.350 e. The van der Waals surface area contributed by atoms with Gasteiger partial charge < -0.3 is 10.1 Å². The Morgan fingerprint density at radius 1 is 1.06 bits per heavy atom. The molecule has 0 spiro atoms. The Bertz CT molecular complexity index is 1630. The van der Waals surface area contributed by atoms with Crippen molar-refractivity contribution in [1.82, 2.24) is 23.8 Å². The van der Waals surface area contributed by atoms with Gasteiger partial charge in [0.1, 0.15) is 17.8 Å². The molecule has 5 rings (SSSR count). The van der Waals surface area contributed by atoms with E-state index in [-0.39, 0.29) is 6.54 Å². The van der Waals surface area contributed by atoms with Crippen LogP contribution in [0.4, 0.5) is 5.69 Å². The summed E-state index contributed by atoms with van der Waals surface area (Å²) in [5.41, 5.74) is 5.15. The summed E-state index contributed by atoms with van der Waals surface area (Å²) >= 11 is 6.03. The van der Waals surface area contributed by atoms with Gasteiger partial charge in [-0.25, -0.2) is 18.4 Å². The molecule has 9 nitrogen and oxygen atoms in total. The SMILES string of the molecule is COc1ccc(Cl)cc1NC(=O)Cn1nc2c3cc(-c4ccc(C)c(C)c4)nn3ccn2c1=O. The summed E-state index contributed by atoms with van der Waals surface area (Å²) < 4.78 is 9.44. The number of rotatable bonds is 5. The summed E-state index contributed by atoms with van der Waals surface area (Å²) in [4.78, 5) is 25.6. The van der Waals surface area contributed by atoms with Gasteiger partial charge in [-0.1, -0.05) is 23.7 Å². The van der Waals surface area contributed by atoms with Crippen LogP contribution in [0.3, 0.4) is 0 Å². The normalized spacial score (nSPS) is 11.3. The van der Waals surface area contributed by atoms with Crippen molar-refractivity contribution in [2.75, 3.05) is 12.4 Å². The highest BCUT2D eigenvalue weighted by molar-refractivity contribution is 6.31. The zero-order chi connectivity index (χ0) is 24.0. The van der Waals surface area contributed by atoms with Crippen molar-refractivity contribution in [3.8, 4) is 17.0 Å². The number of benzene rings is 2. The van der Waals surface area contributed by atoms with Crippen molar-refractivity contribution in [2.45, 2.75) is 20.4 Å². The minimum atomic E-state index is -0.438. The molecule has 0 aliphatic carbocycles. The smallest absolute Gasteiger partial charge is 0.350 e. The largest absolute Gasteiger partial charge is 0.495 e. The first-order valence-corrected chi connectivity index (χ1v) is 10.9. The van der Waals surface area contributed by atoms with Gasteiger partial charge in [0, 0.05) is 23.0 Å². The first-order chi connectivity index (χ1) is 16.3. The lowest BCUT2D eigenvalue weighted by Gasteiger charge is -2.10. The topological polar surface area (TPSA) is 94.9 Å². The summed E-state index contributed by atoms with van der Waals surface area (Å²) in [6.45, 7) is 3.84. The molecule has 0 aliphatic rings. The first-order valence-electron chi connectivity index (χ1n) is 10.5. The Balaban J connectivity index is 1.49. The molecule has 0 radical (unpaired) electrons. The average molecular weight is 477 g/mol. The summed E-state index contributed by atoms with van der Waals surface area (Å²) in [7, 11) is 1.49. The van der Waals surface area contributed by atoms with Crippen molar-refractivity contribution in [1.29, 1.82) is 0 Å². The molecule has 0 unspecified atom stereocenters. The molecule has 0 saturated carbocycles. The van der Waals surface area contributed by atoms with Crippen molar-refractivity contribution in [3.05, 3.63) is 81.5 Å². The van der Waals surface area contributed by atoms with Crippen LogP contribution in [0.25, 0.3) is 22.4 Å². The number of nitrogens with one attached hydrogen (secondary N) is 1. The average Bonchev–Trinajstić information content (AvgIpc) is 3.37. The van der Waals surface area contributed by atoms with E-state index in [0.717, 1.165) is 15.9 Å². The van der Waals surface area contributed by atoms with Gasteiger partial charge in [0.25, 0.3) is 0 Å². The highest BCUT2D eigenvalue weighted by Crippen LogP contribution is 2.27. The molecule has 0 fully saturated rings. The second-order valence-electron chi connectivity index (χ2n) is 7.98. The van der Waals surface area contributed by atoms with E-state index in [0.29, 0.717) is 27.6 Å². The van der Waals surface area contributed by atoms with Crippen molar-refractivity contribution in [3.63, 3.8) is 0 Å². The van der Waals surface area contributed by atoms with Crippen LogP contribution in [0.2, 0.25) is 5.02 Å². The van der Waals surface area contributed by atoms with Crippen molar-refractivity contribution in [2.24, 2.45) is 0 Å². The van der Waals surface area contributed by atoms with Gasteiger partial charge in [-0.15, -0.1) is 5.10 Å². The number of hydrogen-bond acceptors (Lipinski definition) is 5. The van der Waals surface area contributed by atoms with E-state index < -0.39 is 11.6 Å². The molecule has 10 heteroatoms. The number of aromatic nitrogens is 5. The van der Waals surface area contributed by atoms with E-state index in [2.05, 4.69) is 41.5 Å². The Hall–Kier alpha value is -4.11. The number of hydrogen-bond donors (Lipinski definition) is 1. The van der Waals surface area contributed by atoms with Crippen LogP contribution in [0.15, 0.2) is 59.7 Å². The number of anilines is 1. The number of methoxy groups -OCH3 is 1.